The Labute approximate surface area is 107 Å². The van der Waals surface area contributed by atoms with E-state index in [0.717, 1.165) is 16.8 Å². The summed E-state index contributed by atoms with van der Waals surface area (Å²) in [7, 11) is 1.42. The lowest BCUT2D eigenvalue weighted by Crippen LogP contribution is -2.18. The van der Waals surface area contributed by atoms with Crippen LogP contribution in [0.5, 0.6) is 0 Å². The minimum Gasteiger partial charge on any atom is -0.354 e. The first-order chi connectivity index (χ1) is 9.06. The summed E-state index contributed by atoms with van der Waals surface area (Å²) < 4.78 is 28.4. The maximum Gasteiger partial charge on any atom is 0.271 e. The Morgan fingerprint density at radius 2 is 2.05 bits per heavy atom. The van der Waals surface area contributed by atoms with E-state index in [1.165, 1.54) is 19.3 Å². The summed E-state index contributed by atoms with van der Waals surface area (Å²) in [6, 6.07) is 4.78. The van der Waals surface area contributed by atoms with Gasteiger partial charge in [0.25, 0.3) is 5.91 Å². The topological polar surface area (TPSA) is 70.7 Å². The van der Waals surface area contributed by atoms with Crippen molar-refractivity contribution in [2.24, 2.45) is 0 Å². The molecular formula is C12H8F2N4O. The van der Waals surface area contributed by atoms with E-state index in [4.69, 9.17) is 5.26 Å². The van der Waals surface area contributed by atoms with Gasteiger partial charge in [0.05, 0.1) is 11.6 Å². The van der Waals surface area contributed by atoms with Crippen molar-refractivity contribution in [1.82, 2.24) is 15.1 Å². The van der Waals surface area contributed by atoms with Gasteiger partial charge < -0.3 is 5.32 Å². The molecule has 0 saturated carbocycles. The fraction of sp³-hybridized carbons (Fsp3) is 0.0833. The molecule has 0 fully saturated rings. The molecule has 0 saturated heterocycles. The van der Waals surface area contributed by atoms with Crippen molar-refractivity contribution >= 4 is 5.91 Å². The Balaban J connectivity index is 2.51. The molecule has 1 amide bonds. The lowest BCUT2D eigenvalue weighted by molar-refractivity contribution is 0.0957. The van der Waals surface area contributed by atoms with Gasteiger partial charge in [0.15, 0.2) is 17.3 Å². The lowest BCUT2D eigenvalue weighted by Gasteiger charge is -2.05. The largest absolute Gasteiger partial charge is 0.354 e. The van der Waals surface area contributed by atoms with Crippen molar-refractivity contribution < 1.29 is 13.6 Å². The fourth-order valence-corrected chi connectivity index (χ4v) is 1.55. The second-order valence-corrected chi connectivity index (χ2v) is 3.62. The molecule has 19 heavy (non-hydrogen) atoms. The van der Waals surface area contributed by atoms with Crippen LogP contribution in [0.1, 0.15) is 16.1 Å². The van der Waals surface area contributed by atoms with Gasteiger partial charge in [-0.05, 0) is 18.2 Å². The van der Waals surface area contributed by atoms with E-state index in [1.807, 2.05) is 0 Å². The molecule has 1 N–H and O–H groups in total. The van der Waals surface area contributed by atoms with Gasteiger partial charge in [0.1, 0.15) is 5.69 Å². The number of nitriles is 1. The van der Waals surface area contributed by atoms with E-state index >= 15 is 0 Å². The van der Waals surface area contributed by atoms with Crippen LogP contribution in [0.25, 0.3) is 5.69 Å². The molecule has 0 aliphatic rings. The summed E-state index contributed by atoms with van der Waals surface area (Å²) in [5.41, 5.74) is -0.530. The van der Waals surface area contributed by atoms with Crippen molar-refractivity contribution in [3.05, 3.63) is 47.3 Å². The quantitative estimate of drug-likeness (QED) is 0.888. The standard InChI is InChI=1S/C12H8F2N4O/c1-16-12(19)10-2-3-18(17-10)11-8(13)4-7(6-15)5-9(11)14/h2-5H,1H3,(H,16,19). The van der Waals surface area contributed by atoms with Gasteiger partial charge in [-0.15, -0.1) is 0 Å². The number of nitrogens with zero attached hydrogens (tertiary/aromatic N) is 3. The van der Waals surface area contributed by atoms with Crippen molar-refractivity contribution in [2.75, 3.05) is 7.05 Å². The van der Waals surface area contributed by atoms with Crippen LogP contribution in [0.3, 0.4) is 0 Å². The number of hydrogen-bond donors (Lipinski definition) is 1. The van der Waals surface area contributed by atoms with E-state index < -0.39 is 23.2 Å². The normalized spacial score (nSPS) is 10.0. The highest BCUT2D eigenvalue weighted by Crippen LogP contribution is 2.19. The summed E-state index contributed by atoms with van der Waals surface area (Å²) in [4.78, 5) is 11.3. The van der Waals surface area contributed by atoms with E-state index in [9.17, 15) is 13.6 Å². The summed E-state index contributed by atoms with van der Waals surface area (Å²) in [6.45, 7) is 0. The number of carbonyl (C=O) groups excluding carboxylic acids is 1. The maximum atomic E-state index is 13.7. The van der Waals surface area contributed by atoms with Crippen LogP contribution in [-0.4, -0.2) is 22.7 Å². The zero-order chi connectivity index (χ0) is 14.0. The number of aromatic nitrogens is 2. The molecule has 2 rings (SSSR count). The molecular weight excluding hydrogens is 254 g/mol. The van der Waals surface area contributed by atoms with E-state index in [2.05, 4.69) is 10.4 Å². The summed E-state index contributed by atoms with van der Waals surface area (Å²) in [6.07, 6.45) is 1.26. The second-order valence-electron chi connectivity index (χ2n) is 3.62. The molecule has 2 aromatic rings. The number of carbonyl (C=O) groups is 1. The average molecular weight is 262 g/mol. The molecule has 0 atom stereocenters. The van der Waals surface area contributed by atoms with Crippen LogP contribution in [0.4, 0.5) is 8.78 Å². The monoisotopic (exact) mass is 262 g/mol. The predicted molar refractivity (Wildman–Crippen MR) is 61.6 cm³/mol. The number of amides is 1. The fourth-order valence-electron chi connectivity index (χ4n) is 1.55. The van der Waals surface area contributed by atoms with Gasteiger partial charge in [-0.3, -0.25) is 4.79 Å². The van der Waals surface area contributed by atoms with Gasteiger partial charge in [-0.1, -0.05) is 0 Å². The molecule has 1 aromatic carbocycles. The minimum atomic E-state index is -0.928. The zero-order valence-corrected chi connectivity index (χ0v) is 9.82. The highest BCUT2D eigenvalue weighted by molar-refractivity contribution is 5.91. The average Bonchev–Trinajstić information content (AvgIpc) is 2.86. The smallest absolute Gasteiger partial charge is 0.271 e. The molecule has 0 spiro atoms. The Hall–Kier alpha value is -2.75. The number of halogens is 2. The number of hydrogen-bond acceptors (Lipinski definition) is 3. The first-order valence-corrected chi connectivity index (χ1v) is 5.24. The highest BCUT2D eigenvalue weighted by Gasteiger charge is 2.16. The summed E-state index contributed by atoms with van der Waals surface area (Å²) in [5, 5.41) is 14.7. The van der Waals surface area contributed by atoms with Crippen LogP contribution in [0.15, 0.2) is 24.4 Å². The van der Waals surface area contributed by atoms with E-state index in [1.54, 1.807) is 6.07 Å². The van der Waals surface area contributed by atoms with E-state index in [0.29, 0.717) is 0 Å². The van der Waals surface area contributed by atoms with Gasteiger partial charge in [-0.25, -0.2) is 13.5 Å². The third-order valence-electron chi connectivity index (χ3n) is 2.42. The first-order valence-electron chi connectivity index (χ1n) is 5.24. The van der Waals surface area contributed by atoms with Crippen molar-refractivity contribution in [2.45, 2.75) is 0 Å². The predicted octanol–water partition coefficient (Wildman–Crippen LogP) is 1.38. The molecule has 96 valence electrons. The Morgan fingerprint density at radius 3 is 2.58 bits per heavy atom. The van der Waals surface area contributed by atoms with Gasteiger partial charge in [0, 0.05) is 13.2 Å². The van der Waals surface area contributed by atoms with Crippen LogP contribution >= 0.6 is 0 Å². The van der Waals surface area contributed by atoms with Crippen molar-refractivity contribution in [1.29, 1.82) is 5.26 Å². The van der Waals surface area contributed by atoms with Crippen LogP contribution < -0.4 is 5.32 Å². The van der Waals surface area contributed by atoms with Crippen molar-refractivity contribution in [3.63, 3.8) is 0 Å². The van der Waals surface area contributed by atoms with Crippen molar-refractivity contribution in [3.8, 4) is 11.8 Å². The number of benzene rings is 1. The number of nitrogens with one attached hydrogen (secondary N) is 1. The SMILES string of the molecule is CNC(=O)c1ccn(-c2c(F)cc(C#N)cc2F)n1. The second kappa shape index (κ2) is 4.86. The molecule has 1 aromatic heterocycles. The molecule has 0 aliphatic carbocycles. The molecule has 0 unspecified atom stereocenters. The summed E-state index contributed by atoms with van der Waals surface area (Å²) >= 11 is 0. The Morgan fingerprint density at radius 1 is 1.42 bits per heavy atom. The van der Waals surface area contributed by atoms with Gasteiger partial charge >= 0.3 is 0 Å². The molecule has 0 bridgehead atoms. The Bertz CT molecular complexity index is 664. The molecule has 1 heterocycles. The highest BCUT2D eigenvalue weighted by atomic mass is 19.1. The van der Waals surface area contributed by atoms with Gasteiger partial charge in [0.2, 0.25) is 0 Å². The lowest BCUT2D eigenvalue weighted by atomic mass is 10.2. The van der Waals surface area contributed by atoms with Crippen LogP contribution in [-0.2, 0) is 0 Å². The molecule has 0 aliphatic heterocycles. The minimum absolute atomic E-state index is 0.0330. The number of rotatable bonds is 2. The zero-order valence-electron chi connectivity index (χ0n) is 9.82. The van der Waals surface area contributed by atoms with Gasteiger partial charge in [-0.2, -0.15) is 10.4 Å². The molecule has 0 radical (unpaired) electrons. The first kappa shape index (κ1) is 12.7. The van der Waals surface area contributed by atoms with E-state index in [-0.39, 0.29) is 11.3 Å². The van der Waals surface area contributed by atoms with Crippen LogP contribution in [0.2, 0.25) is 0 Å². The molecule has 7 heteroatoms. The summed E-state index contributed by atoms with van der Waals surface area (Å²) in [5.74, 6) is -2.32. The third kappa shape index (κ3) is 2.28. The third-order valence-corrected chi connectivity index (χ3v) is 2.42. The van der Waals surface area contributed by atoms with Crippen LogP contribution in [0, 0.1) is 23.0 Å². The Kier molecular flexibility index (Phi) is 3.25. The molecule has 5 nitrogen and oxygen atoms in total. The maximum absolute atomic E-state index is 13.7.